The molecule has 4 aliphatic carbocycles. The summed E-state index contributed by atoms with van der Waals surface area (Å²) in [6.45, 7) is 7.55. The first kappa shape index (κ1) is 15.5. The zero-order valence-electron chi connectivity index (χ0n) is 14.4. The highest BCUT2D eigenvalue weighted by atomic mass is 35.5. The normalized spacial score (nSPS) is 57.9. The van der Waals surface area contributed by atoms with E-state index in [9.17, 15) is 4.79 Å². The predicted octanol–water partition coefficient (Wildman–Crippen LogP) is 5.45. The van der Waals surface area contributed by atoms with Crippen molar-refractivity contribution in [3.05, 3.63) is 0 Å². The van der Waals surface area contributed by atoms with Crippen LogP contribution in [0.15, 0.2) is 0 Å². The number of carbonyl (C=O) groups is 1. The van der Waals surface area contributed by atoms with Crippen LogP contribution in [0.1, 0.15) is 72.1 Å². The number of carbonyl (C=O) groups excluding carboxylic acids is 1. The van der Waals surface area contributed by atoms with Crippen LogP contribution >= 0.6 is 11.6 Å². The first-order valence-electron chi connectivity index (χ1n) is 9.53. The molecule has 1 nitrogen and oxygen atoms in total. The van der Waals surface area contributed by atoms with Crippen molar-refractivity contribution in [3.63, 3.8) is 0 Å². The van der Waals surface area contributed by atoms with Crippen LogP contribution in [-0.2, 0) is 4.79 Å². The van der Waals surface area contributed by atoms with E-state index in [0.717, 1.165) is 36.5 Å². The molecule has 4 aliphatic rings. The highest BCUT2D eigenvalue weighted by Crippen LogP contribution is 2.67. The van der Waals surface area contributed by atoms with Gasteiger partial charge in [0.2, 0.25) is 0 Å². The third-order valence-corrected chi connectivity index (χ3v) is 9.35. The summed E-state index contributed by atoms with van der Waals surface area (Å²) >= 11 is 6.42. The molecule has 4 fully saturated rings. The fourth-order valence-corrected chi connectivity index (χ4v) is 7.74. The Balaban J connectivity index is 1.65. The lowest BCUT2D eigenvalue weighted by molar-refractivity contribution is -0.138. The quantitative estimate of drug-likeness (QED) is 0.542. The molecule has 124 valence electrons. The van der Waals surface area contributed by atoms with E-state index in [4.69, 9.17) is 11.6 Å². The number of rotatable bonds is 0. The molecular weight excluding hydrogens is 292 g/mol. The molecule has 0 amide bonds. The highest BCUT2D eigenvalue weighted by molar-refractivity contribution is 6.31. The van der Waals surface area contributed by atoms with E-state index in [1.54, 1.807) is 0 Å². The Hall–Kier alpha value is -0.0400. The molecule has 4 rings (SSSR count). The average Bonchev–Trinajstić information content (AvgIpc) is 2.77. The van der Waals surface area contributed by atoms with Crippen molar-refractivity contribution in [1.29, 1.82) is 0 Å². The summed E-state index contributed by atoms with van der Waals surface area (Å²) in [7, 11) is 0. The smallest absolute Gasteiger partial charge is 0.150 e. The van der Waals surface area contributed by atoms with Crippen molar-refractivity contribution < 1.29 is 4.79 Å². The van der Waals surface area contributed by atoms with Crippen LogP contribution in [0.4, 0.5) is 0 Å². The molecule has 2 heteroatoms. The molecule has 22 heavy (non-hydrogen) atoms. The third kappa shape index (κ3) is 1.93. The summed E-state index contributed by atoms with van der Waals surface area (Å²) in [5.74, 6) is 4.49. The van der Waals surface area contributed by atoms with Gasteiger partial charge in [-0.25, -0.2) is 0 Å². The number of halogens is 1. The van der Waals surface area contributed by atoms with E-state index in [2.05, 4.69) is 20.8 Å². The number of hydrogen-bond acceptors (Lipinski definition) is 1. The highest BCUT2D eigenvalue weighted by Gasteiger charge is 2.60. The van der Waals surface area contributed by atoms with Crippen molar-refractivity contribution in [2.45, 2.75) is 77.5 Å². The number of hydrogen-bond donors (Lipinski definition) is 0. The Morgan fingerprint density at radius 2 is 1.73 bits per heavy atom. The van der Waals surface area contributed by atoms with Gasteiger partial charge >= 0.3 is 0 Å². The number of Topliss-reactive ketones (excluding diaryl/α,β-unsaturated/α-hetero) is 1. The zero-order chi connectivity index (χ0) is 15.7. The Kier molecular flexibility index (Phi) is 3.50. The van der Waals surface area contributed by atoms with Gasteiger partial charge in [-0.1, -0.05) is 20.8 Å². The summed E-state index contributed by atoms with van der Waals surface area (Å²) in [6, 6.07) is 0. The Morgan fingerprint density at radius 3 is 2.50 bits per heavy atom. The predicted molar refractivity (Wildman–Crippen MR) is 90.9 cm³/mol. The molecule has 0 aliphatic heterocycles. The summed E-state index contributed by atoms with van der Waals surface area (Å²) < 4.78 is 0. The van der Waals surface area contributed by atoms with Gasteiger partial charge in [-0.2, -0.15) is 0 Å². The fraction of sp³-hybridized carbons (Fsp3) is 0.950. The van der Waals surface area contributed by atoms with Crippen LogP contribution < -0.4 is 0 Å². The minimum Gasteiger partial charge on any atom is -0.298 e. The van der Waals surface area contributed by atoms with Crippen LogP contribution in [0.3, 0.4) is 0 Å². The van der Waals surface area contributed by atoms with Gasteiger partial charge in [-0.3, -0.25) is 4.79 Å². The SMILES string of the molecule is CC1CCC2C3CCC4CC(=O)C(Cl)CC4(C)C3CCC12C. The van der Waals surface area contributed by atoms with Crippen molar-refractivity contribution in [1.82, 2.24) is 0 Å². The maximum Gasteiger partial charge on any atom is 0.150 e. The van der Waals surface area contributed by atoms with Crippen LogP contribution in [0.5, 0.6) is 0 Å². The molecule has 0 aromatic heterocycles. The minimum absolute atomic E-state index is 0.212. The molecule has 8 atom stereocenters. The van der Waals surface area contributed by atoms with Crippen molar-refractivity contribution >= 4 is 17.4 Å². The minimum atomic E-state index is -0.212. The van der Waals surface area contributed by atoms with Gasteiger partial charge in [0, 0.05) is 6.42 Å². The summed E-state index contributed by atoms with van der Waals surface area (Å²) in [4.78, 5) is 12.1. The average molecular weight is 323 g/mol. The lowest BCUT2D eigenvalue weighted by Crippen LogP contribution is -2.55. The maximum atomic E-state index is 12.1. The fourth-order valence-electron chi connectivity index (χ4n) is 7.32. The second-order valence-electron chi connectivity index (χ2n) is 9.52. The maximum absolute atomic E-state index is 12.1. The Labute approximate surface area is 140 Å². The third-order valence-electron chi connectivity index (χ3n) is 8.96. The Morgan fingerprint density at radius 1 is 1.00 bits per heavy atom. The first-order chi connectivity index (χ1) is 10.4. The molecular formula is C20H31ClO. The van der Waals surface area contributed by atoms with Gasteiger partial charge in [0.05, 0.1) is 5.38 Å². The largest absolute Gasteiger partial charge is 0.298 e. The van der Waals surface area contributed by atoms with E-state index < -0.39 is 0 Å². The van der Waals surface area contributed by atoms with Crippen LogP contribution in [0.25, 0.3) is 0 Å². The molecule has 4 saturated carbocycles. The van der Waals surface area contributed by atoms with E-state index >= 15 is 0 Å². The lowest BCUT2D eigenvalue weighted by atomic mass is 9.45. The first-order valence-corrected chi connectivity index (χ1v) is 9.96. The molecule has 0 N–H and O–H groups in total. The van der Waals surface area contributed by atoms with Crippen LogP contribution in [-0.4, -0.2) is 11.2 Å². The molecule has 0 aromatic rings. The van der Waals surface area contributed by atoms with Gasteiger partial charge in [-0.05, 0) is 85.4 Å². The monoisotopic (exact) mass is 322 g/mol. The van der Waals surface area contributed by atoms with Crippen LogP contribution in [0.2, 0.25) is 0 Å². The second kappa shape index (κ2) is 4.98. The molecule has 0 heterocycles. The summed E-state index contributed by atoms with van der Waals surface area (Å²) in [6.07, 6.45) is 10.0. The zero-order valence-corrected chi connectivity index (χ0v) is 15.2. The van der Waals surface area contributed by atoms with E-state index in [0.29, 0.717) is 22.5 Å². The van der Waals surface area contributed by atoms with Crippen molar-refractivity contribution in [3.8, 4) is 0 Å². The van der Waals surface area contributed by atoms with E-state index in [1.807, 2.05) is 0 Å². The topological polar surface area (TPSA) is 17.1 Å². The number of alkyl halides is 1. The standard InChI is InChI=1S/C20H31ClO/c1-12-4-7-15-14-6-5-13-10-18(22)17(21)11-20(13,3)16(14)8-9-19(12,15)2/h12-17H,4-11H2,1-3H3. The molecule has 0 bridgehead atoms. The molecule has 0 spiro atoms. The van der Waals surface area contributed by atoms with Crippen molar-refractivity contribution in [2.75, 3.05) is 0 Å². The number of fused-ring (bicyclic) bond motifs is 5. The lowest BCUT2D eigenvalue weighted by Gasteiger charge is -2.60. The van der Waals surface area contributed by atoms with Gasteiger partial charge < -0.3 is 0 Å². The van der Waals surface area contributed by atoms with Gasteiger partial charge in [0.25, 0.3) is 0 Å². The van der Waals surface area contributed by atoms with Gasteiger partial charge in [0.1, 0.15) is 0 Å². The molecule has 0 saturated heterocycles. The summed E-state index contributed by atoms with van der Waals surface area (Å²) in [5.41, 5.74) is 0.922. The van der Waals surface area contributed by atoms with Crippen molar-refractivity contribution in [2.24, 2.45) is 40.4 Å². The molecule has 0 radical (unpaired) electrons. The molecule has 8 unspecified atom stereocenters. The van der Waals surface area contributed by atoms with Gasteiger partial charge in [-0.15, -0.1) is 11.6 Å². The van der Waals surface area contributed by atoms with Gasteiger partial charge in [0.15, 0.2) is 5.78 Å². The van der Waals surface area contributed by atoms with E-state index in [-0.39, 0.29) is 5.38 Å². The Bertz CT molecular complexity index is 488. The van der Waals surface area contributed by atoms with E-state index in [1.165, 1.54) is 38.5 Å². The molecule has 0 aromatic carbocycles. The second-order valence-corrected chi connectivity index (χ2v) is 10.0. The number of ketones is 1. The van der Waals surface area contributed by atoms with Crippen LogP contribution in [0, 0.1) is 40.4 Å². The summed E-state index contributed by atoms with van der Waals surface area (Å²) in [5, 5.41) is -0.212.